The Balaban J connectivity index is 2.30. The van der Waals surface area contributed by atoms with Crippen molar-refractivity contribution in [2.24, 2.45) is 10.2 Å². The van der Waals surface area contributed by atoms with Crippen LogP contribution in [0.4, 0.5) is 11.4 Å². The number of phenols is 1. The maximum Gasteiger partial charge on any atom is 0.146 e. The summed E-state index contributed by atoms with van der Waals surface area (Å²) < 4.78 is 6.26. The third-order valence-corrected chi connectivity index (χ3v) is 3.74. The highest BCUT2D eigenvalue weighted by Gasteiger charge is 2.21. The van der Waals surface area contributed by atoms with E-state index in [0.29, 0.717) is 18.0 Å². The summed E-state index contributed by atoms with van der Waals surface area (Å²) in [5.74, 6) is 0.960. The smallest absolute Gasteiger partial charge is 0.146 e. The molecule has 1 N–H and O–H groups in total. The van der Waals surface area contributed by atoms with Crippen LogP contribution in [0.15, 0.2) is 51.1 Å². The molecule has 122 valence electrons. The Kier molecular flexibility index (Phi) is 5.42. The number of aromatic hydroxyl groups is 1. The number of nitrogens with zero attached hydrogens (tertiary/aromatic N) is 2. The van der Waals surface area contributed by atoms with Gasteiger partial charge in [-0.25, -0.2) is 0 Å². The summed E-state index contributed by atoms with van der Waals surface area (Å²) in [6, 6.07) is 11.0. The molecule has 23 heavy (non-hydrogen) atoms. The summed E-state index contributed by atoms with van der Waals surface area (Å²) in [5, 5.41) is 18.8. The Labute approximate surface area is 145 Å². The van der Waals surface area contributed by atoms with Crippen molar-refractivity contribution in [1.29, 1.82) is 0 Å². The van der Waals surface area contributed by atoms with E-state index >= 15 is 0 Å². The van der Waals surface area contributed by atoms with Crippen LogP contribution < -0.4 is 4.74 Å². The van der Waals surface area contributed by atoms with Gasteiger partial charge in [0.1, 0.15) is 17.2 Å². The van der Waals surface area contributed by atoms with Crippen molar-refractivity contribution < 1.29 is 9.84 Å². The molecule has 0 saturated carbocycles. The summed E-state index contributed by atoms with van der Waals surface area (Å²) in [6.07, 6.45) is 0. The van der Waals surface area contributed by atoms with Gasteiger partial charge < -0.3 is 9.84 Å². The van der Waals surface area contributed by atoms with Crippen molar-refractivity contribution in [3.63, 3.8) is 0 Å². The van der Waals surface area contributed by atoms with E-state index in [9.17, 15) is 5.11 Å². The van der Waals surface area contributed by atoms with Crippen LogP contribution in [0.3, 0.4) is 0 Å². The average molecular weight is 377 g/mol. The fourth-order valence-electron chi connectivity index (χ4n) is 2.12. The molecule has 2 aromatic rings. The van der Waals surface area contributed by atoms with Crippen molar-refractivity contribution in [3.8, 4) is 11.5 Å². The third-order valence-electron chi connectivity index (χ3n) is 3.28. The van der Waals surface area contributed by atoms with Gasteiger partial charge in [-0.1, -0.05) is 36.7 Å². The molecule has 0 aliphatic heterocycles. The molecule has 0 heterocycles. The standard InChI is InChI=1S/C18H21BrN2O2/c1-5-23-14-8-6-13(7-9-14)20-21-16-11-12(19)10-15(17(16)22)18(2,3)4/h6-11,22H,5H2,1-4H3. The van der Waals surface area contributed by atoms with Crippen molar-refractivity contribution in [1.82, 2.24) is 0 Å². The molecule has 0 saturated heterocycles. The zero-order chi connectivity index (χ0) is 17.0. The second-order valence-corrected chi connectivity index (χ2v) is 7.11. The van der Waals surface area contributed by atoms with Crippen LogP contribution in [0, 0.1) is 0 Å². The highest BCUT2D eigenvalue weighted by molar-refractivity contribution is 9.10. The second kappa shape index (κ2) is 7.13. The maximum absolute atomic E-state index is 10.4. The molecule has 0 radical (unpaired) electrons. The number of hydrogen-bond donors (Lipinski definition) is 1. The summed E-state index contributed by atoms with van der Waals surface area (Å²) in [4.78, 5) is 0. The minimum atomic E-state index is -0.183. The zero-order valence-electron chi connectivity index (χ0n) is 13.8. The molecular weight excluding hydrogens is 356 g/mol. The van der Waals surface area contributed by atoms with Crippen LogP contribution in [0.5, 0.6) is 11.5 Å². The van der Waals surface area contributed by atoms with Gasteiger partial charge in [0.2, 0.25) is 0 Å². The van der Waals surface area contributed by atoms with E-state index in [0.717, 1.165) is 15.8 Å². The molecule has 2 rings (SSSR count). The maximum atomic E-state index is 10.4. The Bertz CT molecular complexity index is 704. The zero-order valence-corrected chi connectivity index (χ0v) is 15.4. The Morgan fingerprint density at radius 3 is 2.30 bits per heavy atom. The fourth-order valence-corrected chi connectivity index (χ4v) is 2.57. The first-order valence-corrected chi connectivity index (χ1v) is 8.28. The second-order valence-electron chi connectivity index (χ2n) is 6.20. The van der Waals surface area contributed by atoms with E-state index in [2.05, 4.69) is 26.2 Å². The summed E-state index contributed by atoms with van der Waals surface area (Å²) >= 11 is 3.46. The largest absolute Gasteiger partial charge is 0.505 e. The van der Waals surface area contributed by atoms with E-state index < -0.39 is 0 Å². The molecule has 4 nitrogen and oxygen atoms in total. The van der Waals surface area contributed by atoms with Gasteiger partial charge in [-0.3, -0.25) is 0 Å². The van der Waals surface area contributed by atoms with Crippen molar-refractivity contribution in [3.05, 3.63) is 46.4 Å². The number of hydrogen-bond acceptors (Lipinski definition) is 4. The van der Waals surface area contributed by atoms with Gasteiger partial charge >= 0.3 is 0 Å². The van der Waals surface area contributed by atoms with Crippen LogP contribution in [0.25, 0.3) is 0 Å². The average Bonchev–Trinajstić information content (AvgIpc) is 2.48. The third kappa shape index (κ3) is 4.55. The Hall–Kier alpha value is -1.88. The Morgan fingerprint density at radius 1 is 1.09 bits per heavy atom. The van der Waals surface area contributed by atoms with Gasteiger partial charge in [0.15, 0.2) is 0 Å². The number of phenolic OH excluding ortho intramolecular Hbond substituents is 1. The van der Waals surface area contributed by atoms with Gasteiger partial charge in [-0.15, -0.1) is 5.11 Å². The molecular formula is C18H21BrN2O2. The molecule has 0 aliphatic rings. The molecule has 2 aromatic carbocycles. The molecule has 0 aromatic heterocycles. The molecule has 0 aliphatic carbocycles. The molecule has 0 atom stereocenters. The Morgan fingerprint density at radius 2 is 1.74 bits per heavy atom. The van der Waals surface area contributed by atoms with Gasteiger partial charge in [-0.05, 0) is 48.7 Å². The van der Waals surface area contributed by atoms with E-state index in [-0.39, 0.29) is 11.2 Å². The van der Waals surface area contributed by atoms with E-state index in [4.69, 9.17) is 4.74 Å². The van der Waals surface area contributed by atoms with Crippen molar-refractivity contribution in [2.75, 3.05) is 6.61 Å². The van der Waals surface area contributed by atoms with E-state index in [1.54, 1.807) is 6.07 Å². The number of rotatable bonds is 4. The minimum Gasteiger partial charge on any atom is -0.505 e. The first-order chi connectivity index (χ1) is 10.8. The topological polar surface area (TPSA) is 54.2 Å². The lowest BCUT2D eigenvalue weighted by Gasteiger charge is -2.21. The number of benzene rings is 2. The van der Waals surface area contributed by atoms with Crippen LogP contribution >= 0.6 is 15.9 Å². The molecule has 0 spiro atoms. The van der Waals surface area contributed by atoms with E-state index in [1.165, 1.54) is 0 Å². The first-order valence-electron chi connectivity index (χ1n) is 7.49. The summed E-state index contributed by atoms with van der Waals surface area (Å²) in [5.41, 5.74) is 1.79. The molecule has 0 bridgehead atoms. The van der Waals surface area contributed by atoms with Crippen LogP contribution in [0.1, 0.15) is 33.3 Å². The fraction of sp³-hybridized carbons (Fsp3) is 0.333. The first kappa shape index (κ1) is 17.5. The van der Waals surface area contributed by atoms with Crippen LogP contribution in [-0.2, 0) is 5.41 Å². The molecule has 0 fully saturated rings. The highest BCUT2D eigenvalue weighted by atomic mass is 79.9. The lowest BCUT2D eigenvalue weighted by Crippen LogP contribution is -2.11. The van der Waals surface area contributed by atoms with Gasteiger partial charge in [0.25, 0.3) is 0 Å². The lowest BCUT2D eigenvalue weighted by atomic mass is 9.86. The van der Waals surface area contributed by atoms with Gasteiger partial charge in [-0.2, -0.15) is 5.11 Å². The number of halogens is 1. The van der Waals surface area contributed by atoms with Crippen LogP contribution in [-0.4, -0.2) is 11.7 Å². The summed E-state index contributed by atoms with van der Waals surface area (Å²) in [7, 11) is 0. The number of azo groups is 1. The van der Waals surface area contributed by atoms with Crippen molar-refractivity contribution >= 4 is 27.3 Å². The van der Waals surface area contributed by atoms with Gasteiger partial charge in [0, 0.05) is 10.0 Å². The molecule has 0 unspecified atom stereocenters. The number of ether oxygens (including phenoxy) is 1. The normalized spacial score (nSPS) is 11.9. The monoisotopic (exact) mass is 376 g/mol. The molecule has 0 amide bonds. The van der Waals surface area contributed by atoms with Crippen LogP contribution in [0.2, 0.25) is 0 Å². The minimum absolute atomic E-state index is 0.162. The van der Waals surface area contributed by atoms with Crippen molar-refractivity contribution in [2.45, 2.75) is 33.1 Å². The quantitative estimate of drug-likeness (QED) is 0.639. The highest BCUT2D eigenvalue weighted by Crippen LogP contribution is 2.40. The molecule has 5 heteroatoms. The SMILES string of the molecule is CCOc1ccc(N=Nc2cc(Br)cc(C(C)(C)C)c2O)cc1. The predicted octanol–water partition coefficient (Wildman–Crippen LogP) is 6.27. The summed E-state index contributed by atoms with van der Waals surface area (Å²) in [6.45, 7) is 8.70. The van der Waals surface area contributed by atoms with Gasteiger partial charge in [0.05, 0.1) is 12.3 Å². The lowest BCUT2D eigenvalue weighted by molar-refractivity contribution is 0.340. The predicted molar refractivity (Wildman–Crippen MR) is 96.3 cm³/mol. The van der Waals surface area contributed by atoms with E-state index in [1.807, 2.05) is 58.0 Å².